The van der Waals surface area contributed by atoms with Crippen LogP contribution < -0.4 is 9.64 Å². The molecule has 1 aromatic carbocycles. The van der Waals surface area contributed by atoms with E-state index < -0.39 is 0 Å². The molecule has 2 aliphatic carbocycles. The lowest BCUT2D eigenvalue weighted by Crippen LogP contribution is -2.36. The van der Waals surface area contributed by atoms with Gasteiger partial charge in [0, 0.05) is 36.8 Å². The second-order valence-corrected chi connectivity index (χ2v) is 6.16. The Bertz CT molecular complexity index is 813. The molecule has 0 bridgehead atoms. The largest absolute Gasteiger partial charge is 0.453 e. The summed E-state index contributed by atoms with van der Waals surface area (Å²) in [4.78, 5) is 19.4. The Hall–Kier alpha value is -2.62. The maximum Gasteiger partial charge on any atom is 0.167 e. The minimum absolute atomic E-state index is 0.0295. The van der Waals surface area contributed by atoms with Crippen molar-refractivity contribution in [3.63, 3.8) is 0 Å². The molecule has 4 heteroatoms. The maximum atomic E-state index is 12.4. The Kier molecular flexibility index (Phi) is 3.60. The van der Waals surface area contributed by atoms with E-state index in [0.717, 1.165) is 35.9 Å². The van der Waals surface area contributed by atoms with Gasteiger partial charge in [-0.3, -0.25) is 4.79 Å². The number of nitrogens with zero attached hydrogens (tertiary/aromatic N) is 2. The highest BCUT2D eigenvalue weighted by Gasteiger charge is 2.38. The van der Waals surface area contributed by atoms with Gasteiger partial charge in [-0.1, -0.05) is 24.3 Å². The number of allylic oxidation sites excluding steroid dienone is 6. The third-order valence-electron chi connectivity index (χ3n) is 4.84. The van der Waals surface area contributed by atoms with Gasteiger partial charge < -0.3 is 9.64 Å². The summed E-state index contributed by atoms with van der Waals surface area (Å²) in [5.74, 6) is 1.20. The van der Waals surface area contributed by atoms with Crippen molar-refractivity contribution in [1.82, 2.24) is 0 Å². The van der Waals surface area contributed by atoms with Crippen LogP contribution in [0.15, 0.2) is 59.3 Å². The number of fused-ring (bicyclic) bond motifs is 4. The molecule has 0 amide bonds. The van der Waals surface area contributed by atoms with Crippen LogP contribution in [0.3, 0.4) is 0 Å². The molecule has 2 atom stereocenters. The predicted molar refractivity (Wildman–Crippen MR) is 96.1 cm³/mol. The summed E-state index contributed by atoms with van der Waals surface area (Å²) >= 11 is 0. The molecular weight excluding hydrogens is 300 g/mol. The molecule has 1 aliphatic heterocycles. The Morgan fingerprint density at radius 1 is 1.12 bits per heavy atom. The van der Waals surface area contributed by atoms with Gasteiger partial charge in [0.2, 0.25) is 0 Å². The smallest absolute Gasteiger partial charge is 0.167 e. The number of carbonyl (C=O) groups is 1. The third-order valence-corrected chi connectivity index (χ3v) is 4.84. The van der Waals surface area contributed by atoms with E-state index in [-0.39, 0.29) is 17.6 Å². The van der Waals surface area contributed by atoms with E-state index in [4.69, 9.17) is 9.73 Å². The minimum atomic E-state index is -0.155. The second kappa shape index (κ2) is 5.78. The fourth-order valence-corrected chi connectivity index (χ4v) is 3.53. The van der Waals surface area contributed by atoms with Crippen LogP contribution in [0, 0.1) is 11.8 Å². The number of carbonyl (C=O) groups excluding carboxylic acids is 1. The molecule has 1 heterocycles. The number of aliphatic imine (C=N–C) groups is 1. The minimum Gasteiger partial charge on any atom is -0.453 e. The van der Waals surface area contributed by atoms with Crippen molar-refractivity contribution in [2.24, 2.45) is 16.8 Å². The molecule has 2 unspecified atom stereocenters. The number of anilines is 1. The van der Waals surface area contributed by atoms with E-state index in [9.17, 15) is 4.79 Å². The van der Waals surface area contributed by atoms with Crippen molar-refractivity contribution in [3.05, 3.63) is 54.3 Å². The van der Waals surface area contributed by atoms with Gasteiger partial charge in [0.1, 0.15) is 5.69 Å². The first-order valence-electron chi connectivity index (χ1n) is 8.47. The van der Waals surface area contributed by atoms with Crippen LogP contribution in [0.5, 0.6) is 5.75 Å². The summed E-state index contributed by atoms with van der Waals surface area (Å²) in [6.45, 7) is 6.13. The number of rotatable bonds is 3. The zero-order valence-corrected chi connectivity index (χ0v) is 13.9. The van der Waals surface area contributed by atoms with Gasteiger partial charge in [0.05, 0.1) is 11.6 Å². The first-order valence-corrected chi connectivity index (χ1v) is 8.47. The number of ether oxygens (including phenoxy) is 1. The molecule has 0 aromatic heterocycles. The zero-order chi connectivity index (χ0) is 16.7. The standard InChI is InChI=1S/C20H20N2O2/c1-3-22(4-2)13-9-10-16-18(11-13)24-19-12-17(23)14-7-5-6-8-15(14)20(19)21-16/h5-12,14-15H,3-4H2,1-2H3. The molecule has 0 spiro atoms. The van der Waals surface area contributed by atoms with Crippen LogP contribution in [0.1, 0.15) is 13.8 Å². The maximum absolute atomic E-state index is 12.4. The van der Waals surface area contributed by atoms with Crippen molar-refractivity contribution in [2.45, 2.75) is 13.8 Å². The Morgan fingerprint density at radius 3 is 2.62 bits per heavy atom. The highest BCUT2D eigenvalue weighted by atomic mass is 16.5. The molecule has 122 valence electrons. The van der Waals surface area contributed by atoms with Crippen molar-refractivity contribution in [1.29, 1.82) is 0 Å². The number of hydrogen-bond acceptors (Lipinski definition) is 4. The molecule has 24 heavy (non-hydrogen) atoms. The predicted octanol–water partition coefficient (Wildman–Crippen LogP) is 3.82. The summed E-state index contributed by atoms with van der Waals surface area (Å²) in [7, 11) is 0. The molecule has 0 fully saturated rings. The lowest BCUT2D eigenvalue weighted by Gasteiger charge is -2.32. The Labute approximate surface area is 141 Å². The molecule has 1 aromatic rings. The van der Waals surface area contributed by atoms with E-state index in [0.29, 0.717) is 5.76 Å². The van der Waals surface area contributed by atoms with Crippen molar-refractivity contribution in [2.75, 3.05) is 18.0 Å². The van der Waals surface area contributed by atoms with Gasteiger partial charge in [-0.25, -0.2) is 4.99 Å². The SMILES string of the molecule is CCN(CC)c1ccc2c(c1)OC1=CC(=O)C3C=CC=CC3C1=N2. The van der Waals surface area contributed by atoms with E-state index in [1.165, 1.54) is 0 Å². The molecule has 4 nitrogen and oxygen atoms in total. The first-order chi connectivity index (χ1) is 11.7. The lowest BCUT2D eigenvalue weighted by molar-refractivity contribution is -0.117. The summed E-state index contributed by atoms with van der Waals surface area (Å²) < 4.78 is 6.06. The van der Waals surface area contributed by atoms with Crippen molar-refractivity contribution >= 4 is 22.9 Å². The third kappa shape index (κ3) is 2.30. The summed E-state index contributed by atoms with van der Waals surface area (Å²) in [5, 5.41) is 0. The number of ketones is 1. The van der Waals surface area contributed by atoms with E-state index in [1.54, 1.807) is 6.08 Å². The van der Waals surface area contributed by atoms with Crippen LogP contribution in [-0.4, -0.2) is 24.6 Å². The van der Waals surface area contributed by atoms with Crippen LogP contribution in [-0.2, 0) is 4.79 Å². The zero-order valence-electron chi connectivity index (χ0n) is 13.9. The fourth-order valence-electron chi connectivity index (χ4n) is 3.53. The van der Waals surface area contributed by atoms with E-state index >= 15 is 0 Å². The second-order valence-electron chi connectivity index (χ2n) is 6.16. The summed E-state index contributed by atoms with van der Waals surface area (Å²) in [5.41, 5.74) is 2.79. The Balaban J connectivity index is 1.76. The normalized spacial score (nSPS) is 23.5. The van der Waals surface area contributed by atoms with Crippen LogP contribution in [0.2, 0.25) is 0 Å². The summed E-state index contributed by atoms with van der Waals surface area (Å²) in [6, 6.07) is 6.09. The fraction of sp³-hybridized carbons (Fsp3) is 0.300. The first kappa shape index (κ1) is 14.9. The number of hydrogen-bond donors (Lipinski definition) is 0. The molecular formula is C20H20N2O2. The van der Waals surface area contributed by atoms with E-state index in [2.05, 4.69) is 24.8 Å². The molecule has 0 N–H and O–H groups in total. The average Bonchev–Trinajstić information content (AvgIpc) is 2.62. The van der Waals surface area contributed by atoms with Crippen LogP contribution in [0.4, 0.5) is 11.4 Å². The van der Waals surface area contributed by atoms with Gasteiger partial charge >= 0.3 is 0 Å². The van der Waals surface area contributed by atoms with Gasteiger partial charge in [0.15, 0.2) is 17.3 Å². The molecule has 0 saturated carbocycles. The Morgan fingerprint density at radius 2 is 1.88 bits per heavy atom. The van der Waals surface area contributed by atoms with Crippen molar-refractivity contribution in [3.8, 4) is 5.75 Å². The van der Waals surface area contributed by atoms with Gasteiger partial charge in [-0.15, -0.1) is 0 Å². The highest BCUT2D eigenvalue weighted by molar-refractivity contribution is 6.15. The lowest BCUT2D eigenvalue weighted by atomic mass is 9.77. The molecule has 0 radical (unpaired) electrons. The van der Waals surface area contributed by atoms with Gasteiger partial charge in [0.25, 0.3) is 0 Å². The molecule has 3 aliphatic rings. The summed E-state index contributed by atoms with van der Waals surface area (Å²) in [6.07, 6.45) is 9.47. The topological polar surface area (TPSA) is 41.9 Å². The molecule has 4 rings (SSSR count). The van der Waals surface area contributed by atoms with Crippen LogP contribution >= 0.6 is 0 Å². The highest BCUT2D eigenvalue weighted by Crippen LogP contribution is 2.41. The van der Waals surface area contributed by atoms with E-state index in [1.807, 2.05) is 36.4 Å². The van der Waals surface area contributed by atoms with Crippen LogP contribution in [0.25, 0.3) is 0 Å². The monoisotopic (exact) mass is 320 g/mol. The number of benzene rings is 1. The quantitative estimate of drug-likeness (QED) is 0.850. The van der Waals surface area contributed by atoms with Gasteiger partial charge in [-0.2, -0.15) is 0 Å². The molecule has 0 saturated heterocycles. The van der Waals surface area contributed by atoms with Crippen molar-refractivity contribution < 1.29 is 9.53 Å². The average molecular weight is 320 g/mol. The van der Waals surface area contributed by atoms with Gasteiger partial charge in [-0.05, 0) is 26.0 Å².